The van der Waals surface area contributed by atoms with Crippen LogP contribution in [0.5, 0.6) is 0 Å². The van der Waals surface area contributed by atoms with Crippen molar-refractivity contribution in [2.45, 2.75) is 13.5 Å². The zero-order chi connectivity index (χ0) is 13.0. The number of amides is 1. The molecule has 4 nitrogen and oxygen atoms in total. The molecule has 1 aromatic carbocycles. The van der Waals surface area contributed by atoms with E-state index in [1.54, 1.807) is 4.90 Å². The highest BCUT2D eigenvalue weighted by atomic mass is 16.2. The van der Waals surface area contributed by atoms with Gasteiger partial charge >= 0.3 is 0 Å². The van der Waals surface area contributed by atoms with Gasteiger partial charge in [0.1, 0.15) is 0 Å². The molecule has 2 N–H and O–H groups in total. The lowest BCUT2D eigenvalue weighted by Gasteiger charge is -2.14. The fraction of sp³-hybridized carbons (Fsp3) is 0.357. The molecule has 2 rings (SSSR count). The zero-order valence-corrected chi connectivity index (χ0v) is 10.9. The predicted molar refractivity (Wildman–Crippen MR) is 73.3 cm³/mol. The Morgan fingerprint density at radius 3 is 3.00 bits per heavy atom. The summed E-state index contributed by atoms with van der Waals surface area (Å²) in [6, 6.07) is 8.22. The van der Waals surface area contributed by atoms with Crippen LogP contribution < -0.4 is 5.32 Å². The number of nitrogens with zero attached hydrogens (tertiary/aromatic N) is 1. The van der Waals surface area contributed by atoms with Crippen molar-refractivity contribution >= 4 is 16.8 Å². The van der Waals surface area contributed by atoms with Crippen LogP contribution in [0.25, 0.3) is 10.9 Å². The van der Waals surface area contributed by atoms with Crippen molar-refractivity contribution in [2.24, 2.45) is 0 Å². The molecule has 0 aliphatic heterocycles. The van der Waals surface area contributed by atoms with Crippen molar-refractivity contribution < 1.29 is 4.79 Å². The first kappa shape index (κ1) is 12.6. The summed E-state index contributed by atoms with van der Waals surface area (Å²) in [5.41, 5.74) is 2.34. The molecule has 0 unspecified atom stereocenters. The Morgan fingerprint density at radius 1 is 1.39 bits per heavy atom. The van der Waals surface area contributed by atoms with Gasteiger partial charge in [-0.25, -0.2) is 0 Å². The fourth-order valence-corrected chi connectivity index (χ4v) is 1.92. The quantitative estimate of drug-likeness (QED) is 0.843. The van der Waals surface area contributed by atoms with Crippen LogP contribution in [0.2, 0.25) is 0 Å². The highest BCUT2D eigenvalue weighted by Crippen LogP contribution is 2.16. The van der Waals surface area contributed by atoms with E-state index in [-0.39, 0.29) is 5.91 Å². The molecule has 1 aromatic heterocycles. The summed E-state index contributed by atoms with van der Waals surface area (Å²) in [5, 5.41) is 4.40. The molecule has 2 aromatic rings. The number of fused-ring (bicyclic) bond motifs is 1. The molecule has 1 amide bonds. The molecule has 0 fully saturated rings. The van der Waals surface area contributed by atoms with E-state index in [9.17, 15) is 4.79 Å². The van der Waals surface area contributed by atoms with Crippen LogP contribution in [0.15, 0.2) is 30.5 Å². The first-order valence-corrected chi connectivity index (χ1v) is 6.22. The van der Waals surface area contributed by atoms with E-state index < -0.39 is 0 Å². The SMILES string of the molecule is CCN(C)C(=O)CNCc1cccc2[nH]ccc12. The van der Waals surface area contributed by atoms with E-state index in [0.29, 0.717) is 13.1 Å². The Labute approximate surface area is 107 Å². The first-order chi connectivity index (χ1) is 8.72. The van der Waals surface area contributed by atoms with Crippen molar-refractivity contribution in [2.75, 3.05) is 20.1 Å². The van der Waals surface area contributed by atoms with E-state index in [4.69, 9.17) is 0 Å². The van der Waals surface area contributed by atoms with Gasteiger partial charge in [-0.15, -0.1) is 0 Å². The maximum absolute atomic E-state index is 11.6. The summed E-state index contributed by atoms with van der Waals surface area (Å²) >= 11 is 0. The van der Waals surface area contributed by atoms with Gasteiger partial charge in [-0.05, 0) is 24.6 Å². The Morgan fingerprint density at radius 2 is 2.22 bits per heavy atom. The molecular formula is C14H19N3O. The summed E-state index contributed by atoms with van der Waals surface area (Å²) in [6.07, 6.45) is 1.93. The van der Waals surface area contributed by atoms with Gasteiger partial charge in [0.25, 0.3) is 0 Å². The first-order valence-electron chi connectivity index (χ1n) is 6.22. The molecule has 0 aliphatic rings. The van der Waals surface area contributed by atoms with Crippen LogP contribution in [0.1, 0.15) is 12.5 Å². The standard InChI is InChI=1S/C14H19N3O/c1-3-17(2)14(18)10-15-9-11-5-4-6-13-12(11)7-8-16-13/h4-8,15-16H,3,9-10H2,1-2H3. The number of rotatable bonds is 5. The number of nitrogens with one attached hydrogen (secondary N) is 2. The van der Waals surface area contributed by atoms with Crippen LogP contribution in [-0.2, 0) is 11.3 Å². The second-order valence-corrected chi connectivity index (χ2v) is 4.37. The third-order valence-corrected chi connectivity index (χ3v) is 3.18. The van der Waals surface area contributed by atoms with Gasteiger partial charge in [0.15, 0.2) is 0 Å². The molecule has 96 valence electrons. The number of H-pyrrole nitrogens is 1. The molecule has 0 saturated carbocycles. The summed E-state index contributed by atoms with van der Waals surface area (Å²) in [6.45, 7) is 3.80. The largest absolute Gasteiger partial charge is 0.361 e. The normalized spacial score (nSPS) is 10.8. The summed E-state index contributed by atoms with van der Waals surface area (Å²) < 4.78 is 0. The average Bonchev–Trinajstić information content (AvgIpc) is 2.86. The van der Waals surface area contributed by atoms with E-state index in [0.717, 1.165) is 12.1 Å². The minimum absolute atomic E-state index is 0.124. The second-order valence-electron chi connectivity index (χ2n) is 4.37. The molecule has 0 radical (unpaired) electrons. The Bertz CT molecular complexity index is 533. The van der Waals surface area contributed by atoms with Crippen molar-refractivity contribution in [1.29, 1.82) is 0 Å². The van der Waals surface area contributed by atoms with Crippen LogP contribution in [0, 0.1) is 0 Å². The van der Waals surface area contributed by atoms with Crippen LogP contribution in [0.3, 0.4) is 0 Å². The molecule has 18 heavy (non-hydrogen) atoms. The molecule has 0 saturated heterocycles. The maximum atomic E-state index is 11.6. The zero-order valence-electron chi connectivity index (χ0n) is 10.9. The van der Waals surface area contributed by atoms with Crippen molar-refractivity contribution in [3.8, 4) is 0 Å². The third kappa shape index (κ3) is 2.71. The molecule has 0 spiro atoms. The monoisotopic (exact) mass is 245 g/mol. The van der Waals surface area contributed by atoms with Crippen molar-refractivity contribution in [1.82, 2.24) is 15.2 Å². The van der Waals surface area contributed by atoms with E-state index >= 15 is 0 Å². The maximum Gasteiger partial charge on any atom is 0.236 e. The van der Waals surface area contributed by atoms with E-state index in [2.05, 4.69) is 28.5 Å². The van der Waals surface area contributed by atoms with Gasteiger partial charge in [0, 0.05) is 37.2 Å². The average molecular weight is 245 g/mol. The number of hydrogen-bond donors (Lipinski definition) is 2. The highest BCUT2D eigenvalue weighted by Gasteiger charge is 2.06. The van der Waals surface area contributed by atoms with Crippen molar-refractivity contribution in [3.63, 3.8) is 0 Å². The number of aromatic amines is 1. The topological polar surface area (TPSA) is 48.1 Å². The lowest BCUT2D eigenvalue weighted by Crippen LogP contribution is -2.35. The van der Waals surface area contributed by atoms with Crippen LogP contribution in [-0.4, -0.2) is 35.9 Å². The summed E-state index contributed by atoms with van der Waals surface area (Å²) in [7, 11) is 1.82. The minimum atomic E-state index is 0.124. The van der Waals surface area contributed by atoms with Crippen LogP contribution >= 0.6 is 0 Å². The van der Waals surface area contributed by atoms with Gasteiger partial charge in [0.05, 0.1) is 6.54 Å². The number of likely N-dealkylation sites (N-methyl/N-ethyl adjacent to an activating group) is 1. The Hall–Kier alpha value is -1.81. The molecule has 4 heteroatoms. The molecule has 0 atom stereocenters. The van der Waals surface area contributed by atoms with E-state index in [1.807, 2.05) is 26.2 Å². The third-order valence-electron chi connectivity index (χ3n) is 3.18. The van der Waals surface area contributed by atoms with Gasteiger partial charge in [-0.2, -0.15) is 0 Å². The summed E-state index contributed by atoms with van der Waals surface area (Å²) in [5.74, 6) is 0.124. The number of carbonyl (C=O) groups excluding carboxylic acids is 1. The molecule has 0 bridgehead atoms. The highest BCUT2D eigenvalue weighted by molar-refractivity contribution is 5.83. The van der Waals surface area contributed by atoms with Gasteiger partial charge in [-0.1, -0.05) is 12.1 Å². The molecular weight excluding hydrogens is 226 g/mol. The lowest BCUT2D eigenvalue weighted by molar-refractivity contribution is -0.128. The predicted octanol–water partition coefficient (Wildman–Crippen LogP) is 1.74. The Balaban J connectivity index is 1.94. The number of carbonyl (C=O) groups is 1. The van der Waals surface area contributed by atoms with Gasteiger partial charge in [-0.3, -0.25) is 4.79 Å². The van der Waals surface area contributed by atoms with Gasteiger partial charge in [0.2, 0.25) is 5.91 Å². The molecule has 1 heterocycles. The van der Waals surface area contributed by atoms with Gasteiger partial charge < -0.3 is 15.2 Å². The molecule has 0 aliphatic carbocycles. The lowest BCUT2D eigenvalue weighted by atomic mass is 10.1. The Kier molecular flexibility index (Phi) is 3.99. The van der Waals surface area contributed by atoms with E-state index in [1.165, 1.54) is 10.9 Å². The minimum Gasteiger partial charge on any atom is -0.361 e. The van der Waals surface area contributed by atoms with Crippen LogP contribution in [0.4, 0.5) is 0 Å². The number of hydrogen-bond acceptors (Lipinski definition) is 2. The number of benzene rings is 1. The number of aromatic nitrogens is 1. The second kappa shape index (κ2) is 5.69. The smallest absolute Gasteiger partial charge is 0.236 e. The summed E-state index contributed by atoms with van der Waals surface area (Å²) in [4.78, 5) is 16.5. The fourth-order valence-electron chi connectivity index (χ4n) is 1.92. The van der Waals surface area contributed by atoms with Crippen molar-refractivity contribution in [3.05, 3.63) is 36.0 Å².